The van der Waals surface area contributed by atoms with Crippen molar-refractivity contribution in [2.24, 2.45) is 5.92 Å². The van der Waals surface area contributed by atoms with E-state index in [9.17, 15) is 24.3 Å². The van der Waals surface area contributed by atoms with Gasteiger partial charge in [0.05, 0.1) is 0 Å². The number of benzene rings is 2. The monoisotopic (exact) mass is 597 g/mol. The molecule has 0 saturated carbocycles. The largest absolute Gasteiger partial charge is 0.508 e. The van der Waals surface area contributed by atoms with Gasteiger partial charge in [-0.3, -0.25) is 9.59 Å². The molecule has 3 N–H and O–H groups in total. The summed E-state index contributed by atoms with van der Waals surface area (Å²) in [4.78, 5) is 55.4. The second kappa shape index (κ2) is 14.9. The maximum absolute atomic E-state index is 14.1. The van der Waals surface area contributed by atoms with Crippen LogP contribution in [0, 0.1) is 5.92 Å². The summed E-state index contributed by atoms with van der Waals surface area (Å²) in [5, 5.41) is 16.2. The first-order chi connectivity index (χ1) is 19.9. The maximum Gasteiger partial charge on any atom is 0.408 e. The number of nitrogens with zero attached hydrogens (tertiary/aromatic N) is 1. The molecule has 0 bridgehead atoms. The molecule has 0 heterocycles. The Kier molecular flexibility index (Phi) is 12.2. The number of alkyl carbamates (subject to hydrolysis) is 1. The van der Waals surface area contributed by atoms with Gasteiger partial charge in [0.2, 0.25) is 11.8 Å². The van der Waals surface area contributed by atoms with Crippen LogP contribution in [0.1, 0.15) is 79.5 Å². The molecular weight excluding hydrogens is 550 g/mol. The van der Waals surface area contributed by atoms with Crippen LogP contribution in [0.4, 0.5) is 4.79 Å². The number of phenolic OH excluding ortho intramolecular Hbond substituents is 1. The Morgan fingerprint density at radius 1 is 0.837 bits per heavy atom. The number of nitrogens with one attached hydrogen (secondary N) is 2. The summed E-state index contributed by atoms with van der Waals surface area (Å²) in [5.41, 5.74) is -0.635. The van der Waals surface area contributed by atoms with Crippen LogP contribution in [0.15, 0.2) is 54.6 Å². The summed E-state index contributed by atoms with van der Waals surface area (Å²) in [6.45, 7) is 15.6. The lowest BCUT2D eigenvalue weighted by Crippen LogP contribution is -2.56. The first-order valence-corrected chi connectivity index (χ1v) is 14.6. The van der Waals surface area contributed by atoms with Crippen molar-refractivity contribution in [2.75, 3.05) is 6.54 Å². The summed E-state index contributed by atoms with van der Waals surface area (Å²) in [7, 11) is 0. The molecule has 0 saturated heterocycles. The van der Waals surface area contributed by atoms with E-state index in [2.05, 4.69) is 10.6 Å². The van der Waals surface area contributed by atoms with Crippen molar-refractivity contribution < 1.29 is 33.8 Å². The number of esters is 1. The molecule has 3 unspecified atom stereocenters. The standard InChI is InChI=1S/C33H47N3O7/c1-10-36(29(39)26(21(2)3)35-31(41)43-33(7,8)9)27(23-18-14-15-19-25(23)37)28(38)34-24(30(40)42-32(4,5)6)20-22-16-12-11-13-17-22/h11-19,21,24,26-27,37H,10,20H2,1-9H3,(H,34,38)(H,35,41). The van der Waals surface area contributed by atoms with Crippen molar-refractivity contribution in [2.45, 2.75) is 98.1 Å². The Labute approximate surface area is 255 Å². The molecule has 236 valence electrons. The molecule has 0 aliphatic carbocycles. The van der Waals surface area contributed by atoms with Crippen molar-refractivity contribution in [3.8, 4) is 5.75 Å². The molecule has 0 spiro atoms. The van der Waals surface area contributed by atoms with Gasteiger partial charge >= 0.3 is 12.1 Å². The van der Waals surface area contributed by atoms with Gasteiger partial charge in [0.1, 0.15) is 35.1 Å². The van der Waals surface area contributed by atoms with Gasteiger partial charge in [-0.15, -0.1) is 0 Å². The van der Waals surface area contributed by atoms with Crippen LogP contribution in [0.5, 0.6) is 5.75 Å². The smallest absolute Gasteiger partial charge is 0.408 e. The Morgan fingerprint density at radius 3 is 1.91 bits per heavy atom. The Morgan fingerprint density at radius 2 is 1.40 bits per heavy atom. The van der Waals surface area contributed by atoms with Gasteiger partial charge in [0.15, 0.2) is 0 Å². The molecule has 43 heavy (non-hydrogen) atoms. The number of aromatic hydroxyl groups is 1. The maximum atomic E-state index is 14.1. The first-order valence-electron chi connectivity index (χ1n) is 14.6. The van der Waals surface area contributed by atoms with E-state index in [1.165, 1.54) is 11.0 Å². The molecule has 3 atom stereocenters. The molecule has 0 aliphatic rings. The van der Waals surface area contributed by atoms with E-state index in [0.717, 1.165) is 5.56 Å². The number of phenols is 1. The molecule has 0 aliphatic heterocycles. The number of para-hydroxylation sites is 1. The molecule has 0 fully saturated rings. The van der Waals surface area contributed by atoms with E-state index in [-0.39, 0.29) is 30.2 Å². The average Bonchev–Trinajstić information content (AvgIpc) is 2.88. The molecule has 3 amide bonds. The molecule has 2 aromatic carbocycles. The highest BCUT2D eigenvalue weighted by Gasteiger charge is 2.39. The van der Waals surface area contributed by atoms with Crippen molar-refractivity contribution in [1.29, 1.82) is 0 Å². The fraction of sp³-hybridized carbons (Fsp3) is 0.515. The second-order valence-corrected chi connectivity index (χ2v) is 12.7. The van der Waals surface area contributed by atoms with Gasteiger partial charge in [-0.25, -0.2) is 9.59 Å². The van der Waals surface area contributed by atoms with Crippen LogP contribution >= 0.6 is 0 Å². The minimum absolute atomic E-state index is 0.0558. The predicted octanol–water partition coefficient (Wildman–Crippen LogP) is 4.90. The van der Waals surface area contributed by atoms with Crippen LogP contribution in [0.25, 0.3) is 0 Å². The van der Waals surface area contributed by atoms with Crippen molar-refractivity contribution >= 4 is 23.9 Å². The number of likely N-dealkylation sites (N-methyl/N-ethyl adjacent to an activating group) is 1. The lowest BCUT2D eigenvalue weighted by Gasteiger charge is -2.35. The average molecular weight is 598 g/mol. The highest BCUT2D eigenvalue weighted by molar-refractivity contribution is 5.94. The van der Waals surface area contributed by atoms with E-state index in [4.69, 9.17) is 9.47 Å². The minimum Gasteiger partial charge on any atom is -0.508 e. The van der Waals surface area contributed by atoms with Crippen LogP contribution in [0.3, 0.4) is 0 Å². The fourth-order valence-electron chi connectivity index (χ4n) is 4.43. The number of hydrogen-bond donors (Lipinski definition) is 3. The van der Waals surface area contributed by atoms with Gasteiger partial charge < -0.3 is 30.1 Å². The highest BCUT2D eigenvalue weighted by atomic mass is 16.6. The van der Waals surface area contributed by atoms with E-state index >= 15 is 0 Å². The van der Waals surface area contributed by atoms with E-state index < -0.39 is 53.2 Å². The van der Waals surface area contributed by atoms with E-state index in [1.807, 2.05) is 30.3 Å². The molecular formula is C33H47N3O7. The third-order valence-electron chi connectivity index (χ3n) is 6.31. The topological polar surface area (TPSA) is 134 Å². The molecule has 2 aromatic rings. The van der Waals surface area contributed by atoms with Crippen molar-refractivity contribution in [3.05, 3.63) is 65.7 Å². The van der Waals surface area contributed by atoms with Gasteiger partial charge in [0.25, 0.3) is 0 Å². The summed E-state index contributed by atoms with van der Waals surface area (Å²) in [6.07, 6.45) is -0.629. The summed E-state index contributed by atoms with van der Waals surface area (Å²) >= 11 is 0. The zero-order chi connectivity index (χ0) is 32.5. The second-order valence-electron chi connectivity index (χ2n) is 12.7. The van der Waals surface area contributed by atoms with Crippen LogP contribution in [-0.4, -0.2) is 63.7 Å². The van der Waals surface area contributed by atoms with Gasteiger partial charge in [-0.1, -0.05) is 62.4 Å². The summed E-state index contributed by atoms with van der Waals surface area (Å²) in [6, 6.07) is 11.9. The predicted molar refractivity (Wildman–Crippen MR) is 164 cm³/mol. The number of hydrogen-bond acceptors (Lipinski definition) is 7. The third kappa shape index (κ3) is 10.9. The Hall–Kier alpha value is -4.08. The van der Waals surface area contributed by atoms with Crippen LogP contribution in [-0.2, 0) is 30.3 Å². The van der Waals surface area contributed by atoms with Gasteiger partial charge in [-0.05, 0) is 66.0 Å². The molecule has 0 radical (unpaired) electrons. The van der Waals surface area contributed by atoms with Crippen LogP contribution in [0.2, 0.25) is 0 Å². The minimum atomic E-state index is -1.33. The van der Waals surface area contributed by atoms with Crippen molar-refractivity contribution in [1.82, 2.24) is 15.5 Å². The van der Waals surface area contributed by atoms with Crippen LogP contribution < -0.4 is 10.6 Å². The number of rotatable bonds is 11. The summed E-state index contributed by atoms with van der Waals surface area (Å²) < 4.78 is 11.0. The lowest BCUT2D eigenvalue weighted by atomic mass is 9.97. The molecule has 0 aromatic heterocycles. The van der Waals surface area contributed by atoms with Gasteiger partial charge in [-0.2, -0.15) is 0 Å². The summed E-state index contributed by atoms with van der Waals surface area (Å²) in [5.74, 6) is -2.45. The van der Waals surface area contributed by atoms with Crippen molar-refractivity contribution in [3.63, 3.8) is 0 Å². The fourth-order valence-corrected chi connectivity index (χ4v) is 4.43. The Balaban J connectivity index is 2.53. The zero-order valence-corrected chi connectivity index (χ0v) is 26.8. The normalized spacial score (nSPS) is 13.8. The van der Waals surface area contributed by atoms with E-state index in [0.29, 0.717) is 0 Å². The number of ether oxygens (including phenoxy) is 2. The quantitative estimate of drug-likeness (QED) is 0.314. The lowest BCUT2D eigenvalue weighted by molar-refractivity contribution is -0.159. The number of carbonyl (C=O) groups is 4. The molecule has 10 nitrogen and oxygen atoms in total. The number of carbonyl (C=O) groups excluding carboxylic acids is 4. The SMILES string of the molecule is CCN(C(=O)C(NC(=O)OC(C)(C)C)C(C)C)C(C(=O)NC(Cc1ccccc1)C(=O)OC(C)(C)C)c1ccccc1O. The highest BCUT2D eigenvalue weighted by Crippen LogP contribution is 2.30. The molecule has 10 heteroatoms. The zero-order valence-electron chi connectivity index (χ0n) is 26.8. The third-order valence-corrected chi connectivity index (χ3v) is 6.31. The van der Waals surface area contributed by atoms with E-state index in [1.54, 1.807) is 80.5 Å². The molecule has 2 rings (SSSR count). The number of amides is 3. The van der Waals surface area contributed by atoms with Gasteiger partial charge in [0, 0.05) is 18.5 Å². The Bertz CT molecular complexity index is 1250. The first kappa shape index (κ1) is 35.1.